The summed E-state index contributed by atoms with van der Waals surface area (Å²) in [4.78, 5) is 24.3. The first kappa shape index (κ1) is 14.6. The molecular formula is C14H18N2O4. The number of rotatable bonds is 4. The monoisotopic (exact) mass is 278 g/mol. The lowest BCUT2D eigenvalue weighted by Crippen LogP contribution is -2.44. The summed E-state index contributed by atoms with van der Waals surface area (Å²) < 4.78 is 0. The summed E-state index contributed by atoms with van der Waals surface area (Å²) in [6, 6.07) is 5.79. The molecule has 20 heavy (non-hydrogen) atoms. The number of aliphatic hydroxyl groups is 1. The lowest BCUT2D eigenvalue weighted by Gasteiger charge is -2.35. The highest BCUT2D eigenvalue weighted by atomic mass is 16.6. The van der Waals surface area contributed by atoms with Gasteiger partial charge in [-0.05, 0) is 19.8 Å². The Bertz CT molecular complexity index is 518. The third kappa shape index (κ3) is 3.61. The third-order valence-corrected chi connectivity index (χ3v) is 3.68. The number of non-ortho nitro benzene ring substituents is 1. The van der Waals surface area contributed by atoms with E-state index in [4.69, 9.17) is 0 Å². The zero-order chi connectivity index (χ0) is 14.8. The number of nitro benzene ring substituents is 1. The SMILES string of the molecule is CC1(O)CCN(CC(=O)c2cccc([N+](=O)[O-])c2)CC1. The van der Waals surface area contributed by atoms with Crippen LogP contribution in [0.3, 0.4) is 0 Å². The first-order valence-electron chi connectivity index (χ1n) is 6.60. The topological polar surface area (TPSA) is 83.7 Å². The van der Waals surface area contributed by atoms with E-state index in [-0.39, 0.29) is 18.0 Å². The number of Topliss-reactive ketones (excluding diaryl/α,β-unsaturated/α-hetero) is 1. The summed E-state index contributed by atoms with van der Waals surface area (Å²) in [5.41, 5.74) is -0.362. The molecule has 1 aliphatic heterocycles. The summed E-state index contributed by atoms with van der Waals surface area (Å²) in [7, 11) is 0. The van der Waals surface area contributed by atoms with Crippen LogP contribution in [0, 0.1) is 10.1 Å². The van der Waals surface area contributed by atoms with E-state index in [2.05, 4.69) is 0 Å². The quantitative estimate of drug-likeness (QED) is 0.514. The van der Waals surface area contributed by atoms with Gasteiger partial charge in [-0.15, -0.1) is 0 Å². The first-order chi connectivity index (χ1) is 9.37. The Kier molecular flexibility index (Phi) is 4.15. The number of piperidine rings is 1. The van der Waals surface area contributed by atoms with Gasteiger partial charge in [0.25, 0.3) is 5.69 Å². The van der Waals surface area contributed by atoms with E-state index in [9.17, 15) is 20.0 Å². The van der Waals surface area contributed by atoms with E-state index in [1.807, 2.05) is 4.90 Å². The fraction of sp³-hybridized carbons (Fsp3) is 0.500. The molecule has 0 aromatic heterocycles. The molecule has 1 aromatic carbocycles. The van der Waals surface area contributed by atoms with E-state index >= 15 is 0 Å². The summed E-state index contributed by atoms with van der Waals surface area (Å²) in [6.07, 6.45) is 1.27. The molecule has 0 bridgehead atoms. The Hall–Kier alpha value is -1.79. The molecule has 108 valence electrons. The minimum atomic E-state index is -0.648. The molecule has 0 amide bonds. The molecule has 1 aromatic rings. The van der Waals surface area contributed by atoms with Crippen LogP contribution in [0.1, 0.15) is 30.1 Å². The predicted molar refractivity (Wildman–Crippen MR) is 73.7 cm³/mol. The van der Waals surface area contributed by atoms with Crippen LogP contribution in [0.25, 0.3) is 0 Å². The van der Waals surface area contributed by atoms with Crippen molar-refractivity contribution < 1.29 is 14.8 Å². The summed E-state index contributed by atoms with van der Waals surface area (Å²) >= 11 is 0. The largest absolute Gasteiger partial charge is 0.390 e. The van der Waals surface area contributed by atoms with Crippen LogP contribution in [0.15, 0.2) is 24.3 Å². The van der Waals surface area contributed by atoms with Crippen LogP contribution in [-0.4, -0.2) is 45.9 Å². The zero-order valence-corrected chi connectivity index (χ0v) is 11.4. The van der Waals surface area contributed by atoms with Gasteiger partial charge in [-0.2, -0.15) is 0 Å². The number of nitro groups is 1. The number of carbonyl (C=O) groups is 1. The van der Waals surface area contributed by atoms with E-state index in [0.717, 1.165) is 0 Å². The number of likely N-dealkylation sites (tertiary alicyclic amines) is 1. The normalized spacial score (nSPS) is 18.7. The molecular weight excluding hydrogens is 260 g/mol. The Labute approximate surface area is 117 Å². The number of carbonyl (C=O) groups excluding carboxylic acids is 1. The molecule has 0 spiro atoms. The third-order valence-electron chi connectivity index (χ3n) is 3.68. The molecule has 1 N–H and O–H groups in total. The highest BCUT2D eigenvalue weighted by molar-refractivity contribution is 5.98. The van der Waals surface area contributed by atoms with Gasteiger partial charge < -0.3 is 5.11 Å². The van der Waals surface area contributed by atoms with E-state index in [1.165, 1.54) is 18.2 Å². The van der Waals surface area contributed by atoms with Crippen LogP contribution in [0.5, 0.6) is 0 Å². The highest BCUT2D eigenvalue weighted by Gasteiger charge is 2.28. The Morgan fingerprint density at radius 1 is 1.45 bits per heavy atom. The van der Waals surface area contributed by atoms with Crippen LogP contribution >= 0.6 is 0 Å². The van der Waals surface area contributed by atoms with Gasteiger partial charge in [-0.25, -0.2) is 0 Å². The number of nitrogens with zero attached hydrogens (tertiary/aromatic N) is 2. The number of ketones is 1. The Balaban J connectivity index is 1.99. The molecule has 0 aliphatic carbocycles. The van der Waals surface area contributed by atoms with Crippen LogP contribution in [0.4, 0.5) is 5.69 Å². The second-order valence-electron chi connectivity index (χ2n) is 5.50. The summed E-state index contributed by atoms with van der Waals surface area (Å²) in [5, 5.41) is 20.5. The lowest BCUT2D eigenvalue weighted by atomic mass is 9.93. The van der Waals surface area contributed by atoms with E-state index in [0.29, 0.717) is 31.5 Å². The molecule has 1 fully saturated rings. The smallest absolute Gasteiger partial charge is 0.270 e. The predicted octanol–water partition coefficient (Wildman–Crippen LogP) is 1.62. The zero-order valence-electron chi connectivity index (χ0n) is 11.4. The maximum Gasteiger partial charge on any atom is 0.270 e. The van der Waals surface area contributed by atoms with Gasteiger partial charge in [0.15, 0.2) is 5.78 Å². The van der Waals surface area contributed by atoms with Gasteiger partial charge in [-0.1, -0.05) is 12.1 Å². The number of hydrogen-bond donors (Lipinski definition) is 1. The maximum absolute atomic E-state index is 12.1. The van der Waals surface area contributed by atoms with Gasteiger partial charge in [0.2, 0.25) is 0 Å². The lowest BCUT2D eigenvalue weighted by molar-refractivity contribution is -0.384. The van der Waals surface area contributed by atoms with Crippen LogP contribution in [-0.2, 0) is 0 Å². The van der Waals surface area contributed by atoms with Crippen molar-refractivity contribution >= 4 is 11.5 Å². The average Bonchev–Trinajstić information content (AvgIpc) is 2.41. The first-order valence-corrected chi connectivity index (χ1v) is 6.60. The minimum Gasteiger partial charge on any atom is -0.390 e. The van der Waals surface area contributed by atoms with Crippen molar-refractivity contribution in [2.45, 2.75) is 25.4 Å². The van der Waals surface area contributed by atoms with E-state index < -0.39 is 10.5 Å². The fourth-order valence-electron chi connectivity index (χ4n) is 2.28. The van der Waals surface area contributed by atoms with Gasteiger partial charge in [0.1, 0.15) is 0 Å². The van der Waals surface area contributed by atoms with Gasteiger partial charge >= 0.3 is 0 Å². The summed E-state index contributed by atoms with van der Waals surface area (Å²) in [5.74, 6) is -0.129. The van der Waals surface area contributed by atoms with Crippen molar-refractivity contribution in [2.75, 3.05) is 19.6 Å². The van der Waals surface area contributed by atoms with Gasteiger partial charge in [0.05, 0.1) is 17.1 Å². The molecule has 0 radical (unpaired) electrons. The molecule has 6 nitrogen and oxygen atoms in total. The van der Waals surface area contributed by atoms with E-state index in [1.54, 1.807) is 13.0 Å². The molecule has 0 atom stereocenters. The molecule has 1 saturated heterocycles. The van der Waals surface area contributed by atoms with Gasteiger partial charge in [0, 0.05) is 30.8 Å². The minimum absolute atomic E-state index is 0.0718. The Morgan fingerprint density at radius 3 is 2.70 bits per heavy atom. The second kappa shape index (κ2) is 5.68. The van der Waals surface area contributed by atoms with Crippen molar-refractivity contribution in [1.82, 2.24) is 4.90 Å². The van der Waals surface area contributed by atoms with Crippen molar-refractivity contribution in [3.8, 4) is 0 Å². The molecule has 1 heterocycles. The number of hydrogen-bond acceptors (Lipinski definition) is 5. The van der Waals surface area contributed by atoms with Crippen molar-refractivity contribution in [2.24, 2.45) is 0 Å². The average molecular weight is 278 g/mol. The highest BCUT2D eigenvalue weighted by Crippen LogP contribution is 2.21. The molecule has 0 unspecified atom stereocenters. The number of benzene rings is 1. The molecule has 1 aliphatic rings. The molecule has 6 heteroatoms. The summed E-state index contributed by atoms with van der Waals surface area (Å²) in [6.45, 7) is 3.35. The van der Waals surface area contributed by atoms with Crippen molar-refractivity contribution in [3.05, 3.63) is 39.9 Å². The van der Waals surface area contributed by atoms with Crippen molar-refractivity contribution in [3.63, 3.8) is 0 Å². The van der Waals surface area contributed by atoms with Crippen LogP contribution in [0.2, 0.25) is 0 Å². The van der Waals surface area contributed by atoms with Crippen LogP contribution < -0.4 is 0 Å². The Morgan fingerprint density at radius 2 is 2.10 bits per heavy atom. The maximum atomic E-state index is 12.1. The second-order valence-corrected chi connectivity index (χ2v) is 5.50. The standard InChI is InChI=1S/C14H18N2O4/c1-14(18)5-7-15(8-6-14)10-13(17)11-3-2-4-12(9-11)16(19)20/h2-4,9,18H,5-8,10H2,1H3. The fourth-order valence-corrected chi connectivity index (χ4v) is 2.28. The molecule has 2 rings (SSSR count). The van der Waals surface area contributed by atoms with Gasteiger partial charge in [-0.3, -0.25) is 19.8 Å². The van der Waals surface area contributed by atoms with Crippen molar-refractivity contribution in [1.29, 1.82) is 0 Å². The molecule has 0 saturated carbocycles.